The van der Waals surface area contributed by atoms with Crippen LogP contribution in [-0.4, -0.2) is 18.0 Å². The molecule has 1 N–H and O–H groups in total. The molecule has 0 aliphatic carbocycles. The molecule has 1 amide bonds. The molecule has 0 aromatic heterocycles. The number of amides is 1. The lowest BCUT2D eigenvalue weighted by Gasteiger charge is -2.01. The van der Waals surface area contributed by atoms with Gasteiger partial charge in [0.15, 0.2) is 6.29 Å². The summed E-state index contributed by atoms with van der Waals surface area (Å²) in [5.41, 5.74) is 0.911. The van der Waals surface area contributed by atoms with E-state index < -0.39 is 5.78 Å². The van der Waals surface area contributed by atoms with Gasteiger partial charge in [-0.3, -0.25) is 14.4 Å². The predicted octanol–water partition coefficient (Wildman–Crippen LogP) is 1.03. The minimum atomic E-state index is -0.570. The number of ketones is 1. The Hall–Kier alpha value is -1.97. The van der Waals surface area contributed by atoms with E-state index in [4.69, 9.17) is 0 Å². The molecule has 0 atom stereocenters. The number of carbonyl (C=O) groups excluding carboxylic acids is 3. The van der Waals surface area contributed by atoms with Crippen LogP contribution in [0.25, 0.3) is 0 Å². The highest BCUT2D eigenvalue weighted by molar-refractivity contribution is 6.33. The van der Waals surface area contributed by atoms with Crippen molar-refractivity contribution >= 4 is 23.7 Å². The average Bonchev–Trinajstić information content (AvgIpc) is 2.17. The number of hydrogen-bond donors (Lipinski definition) is 1. The van der Waals surface area contributed by atoms with Crippen molar-refractivity contribution in [3.63, 3.8) is 0 Å². The normalized spacial score (nSPS) is 9.21. The zero-order chi connectivity index (χ0) is 10.6. The molecule has 1 aromatic rings. The van der Waals surface area contributed by atoms with E-state index in [1.165, 1.54) is 19.1 Å². The summed E-state index contributed by atoms with van der Waals surface area (Å²) in [6.45, 7) is 1.39. The molecular formula is C10H9NO3. The van der Waals surface area contributed by atoms with Gasteiger partial charge >= 0.3 is 0 Å². The molecule has 1 aromatic carbocycles. The van der Waals surface area contributed by atoms with Crippen molar-refractivity contribution in [2.24, 2.45) is 0 Å². The first-order valence-corrected chi connectivity index (χ1v) is 4.00. The summed E-state index contributed by atoms with van der Waals surface area (Å²) in [7, 11) is 0. The first kappa shape index (κ1) is 10.1. The summed E-state index contributed by atoms with van der Waals surface area (Å²) in [6.07, 6.45) is 0.257. The van der Waals surface area contributed by atoms with E-state index in [1.54, 1.807) is 12.1 Å². The summed E-state index contributed by atoms with van der Waals surface area (Å²) in [5.74, 6) is -0.751. The van der Waals surface area contributed by atoms with E-state index in [9.17, 15) is 14.4 Å². The second kappa shape index (κ2) is 4.32. The highest BCUT2D eigenvalue weighted by atomic mass is 16.2. The number of rotatable bonds is 3. The number of benzene rings is 1. The van der Waals surface area contributed by atoms with E-state index in [2.05, 4.69) is 5.32 Å². The monoisotopic (exact) mass is 191 g/mol. The lowest BCUT2D eigenvalue weighted by Crippen LogP contribution is -2.06. The second-order valence-corrected chi connectivity index (χ2v) is 2.74. The van der Waals surface area contributed by atoms with Gasteiger partial charge in [0.25, 0.3) is 0 Å². The molecule has 4 nitrogen and oxygen atoms in total. The van der Waals surface area contributed by atoms with Gasteiger partial charge in [-0.05, 0) is 24.3 Å². The van der Waals surface area contributed by atoms with Crippen LogP contribution in [0.3, 0.4) is 0 Å². The Morgan fingerprint density at radius 3 is 2.21 bits per heavy atom. The molecule has 72 valence electrons. The number of carbonyl (C=O) groups is 3. The first-order chi connectivity index (χ1) is 6.63. The molecule has 0 saturated heterocycles. The summed E-state index contributed by atoms with van der Waals surface area (Å²) in [4.78, 5) is 31.7. The fourth-order valence-electron chi connectivity index (χ4n) is 0.989. The summed E-state index contributed by atoms with van der Waals surface area (Å²) in [5, 5.41) is 2.55. The maximum absolute atomic E-state index is 10.9. The SMILES string of the molecule is CC(=O)Nc1ccc(C(=O)C=O)cc1. The fraction of sp³-hybridized carbons (Fsp3) is 0.100. The Morgan fingerprint density at radius 1 is 1.21 bits per heavy atom. The van der Waals surface area contributed by atoms with Crippen LogP contribution in [0.2, 0.25) is 0 Å². The Morgan fingerprint density at radius 2 is 1.79 bits per heavy atom. The number of Topliss-reactive ketones (excluding diaryl/α,β-unsaturated/α-hetero) is 1. The molecule has 0 fully saturated rings. The number of nitrogens with one attached hydrogen (secondary N) is 1. The lowest BCUT2D eigenvalue weighted by atomic mass is 10.1. The van der Waals surface area contributed by atoms with Gasteiger partial charge in [-0.25, -0.2) is 0 Å². The van der Waals surface area contributed by atoms with Crippen molar-refractivity contribution in [3.8, 4) is 0 Å². The smallest absolute Gasteiger partial charge is 0.225 e. The van der Waals surface area contributed by atoms with Crippen LogP contribution in [0.15, 0.2) is 24.3 Å². The van der Waals surface area contributed by atoms with Gasteiger partial charge in [0.1, 0.15) is 0 Å². The van der Waals surface area contributed by atoms with Crippen LogP contribution in [0.5, 0.6) is 0 Å². The van der Waals surface area contributed by atoms with Crippen molar-refractivity contribution in [2.75, 3.05) is 5.32 Å². The number of aldehydes is 1. The van der Waals surface area contributed by atoms with Gasteiger partial charge in [-0.1, -0.05) is 0 Å². The molecule has 4 heteroatoms. The van der Waals surface area contributed by atoms with E-state index in [-0.39, 0.29) is 12.2 Å². The van der Waals surface area contributed by atoms with Crippen LogP contribution >= 0.6 is 0 Å². The van der Waals surface area contributed by atoms with Gasteiger partial charge in [0.05, 0.1) is 0 Å². The molecule has 1 rings (SSSR count). The molecule has 0 aliphatic heterocycles. The fourth-order valence-corrected chi connectivity index (χ4v) is 0.989. The summed E-state index contributed by atoms with van der Waals surface area (Å²) in [6, 6.07) is 6.11. The molecule has 0 radical (unpaired) electrons. The molecule has 0 saturated carbocycles. The van der Waals surface area contributed by atoms with Crippen molar-refractivity contribution in [2.45, 2.75) is 6.92 Å². The van der Waals surface area contributed by atoms with Gasteiger partial charge in [-0.2, -0.15) is 0 Å². The van der Waals surface area contributed by atoms with Gasteiger partial charge in [0.2, 0.25) is 11.7 Å². The third-order valence-corrected chi connectivity index (χ3v) is 1.60. The Bertz CT molecular complexity index is 367. The standard InChI is InChI=1S/C10H9NO3/c1-7(13)11-9-4-2-8(3-5-9)10(14)6-12/h2-6H,1H3,(H,11,13). The summed E-state index contributed by atoms with van der Waals surface area (Å²) >= 11 is 0. The molecule has 0 spiro atoms. The van der Waals surface area contributed by atoms with Crippen molar-refractivity contribution in [1.82, 2.24) is 0 Å². The summed E-state index contributed by atoms with van der Waals surface area (Å²) < 4.78 is 0. The van der Waals surface area contributed by atoms with Gasteiger partial charge in [-0.15, -0.1) is 0 Å². The van der Waals surface area contributed by atoms with E-state index in [0.29, 0.717) is 11.3 Å². The maximum Gasteiger partial charge on any atom is 0.225 e. The average molecular weight is 191 g/mol. The quantitative estimate of drug-likeness (QED) is 0.441. The molecule has 14 heavy (non-hydrogen) atoms. The Labute approximate surface area is 80.9 Å². The van der Waals surface area contributed by atoms with E-state index in [0.717, 1.165) is 0 Å². The van der Waals surface area contributed by atoms with Gasteiger partial charge < -0.3 is 5.32 Å². The molecule has 0 aliphatic rings. The highest BCUT2D eigenvalue weighted by Gasteiger charge is 2.03. The topological polar surface area (TPSA) is 63.2 Å². The van der Waals surface area contributed by atoms with Crippen LogP contribution < -0.4 is 5.32 Å². The minimum absolute atomic E-state index is 0.181. The molecule has 0 unspecified atom stereocenters. The number of anilines is 1. The zero-order valence-electron chi connectivity index (χ0n) is 7.61. The number of hydrogen-bond acceptors (Lipinski definition) is 3. The molecular weight excluding hydrogens is 182 g/mol. The van der Waals surface area contributed by atoms with Gasteiger partial charge in [0, 0.05) is 18.2 Å². The van der Waals surface area contributed by atoms with Crippen molar-refractivity contribution in [3.05, 3.63) is 29.8 Å². The lowest BCUT2D eigenvalue weighted by molar-refractivity contribution is -0.114. The maximum atomic E-state index is 10.9. The predicted molar refractivity (Wildman–Crippen MR) is 51.1 cm³/mol. The van der Waals surface area contributed by atoms with Crippen LogP contribution in [0.4, 0.5) is 5.69 Å². The Kier molecular flexibility index (Phi) is 3.12. The molecule has 0 bridgehead atoms. The van der Waals surface area contributed by atoms with Crippen LogP contribution in [0, 0.1) is 0 Å². The van der Waals surface area contributed by atoms with E-state index in [1.807, 2.05) is 0 Å². The third kappa shape index (κ3) is 2.52. The minimum Gasteiger partial charge on any atom is -0.326 e. The largest absolute Gasteiger partial charge is 0.326 e. The second-order valence-electron chi connectivity index (χ2n) is 2.74. The molecule has 0 heterocycles. The van der Waals surface area contributed by atoms with E-state index >= 15 is 0 Å². The Balaban J connectivity index is 2.83. The third-order valence-electron chi connectivity index (χ3n) is 1.60. The zero-order valence-corrected chi connectivity index (χ0v) is 7.61. The highest BCUT2D eigenvalue weighted by Crippen LogP contribution is 2.09. The first-order valence-electron chi connectivity index (χ1n) is 4.00. The van der Waals surface area contributed by atoms with Crippen LogP contribution in [-0.2, 0) is 9.59 Å². The van der Waals surface area contributed by atoms with Crippen molar-refractivity contribution < 1.29 is 14.4 Å². The van der Waals surface area contributed by atoms with Crippen molar-refractivity contribution in [1.29, 1.82) is 0 Å². The van der Waals surface area contributed by atoms with Crippen LogP contribution in [0.1, 0.15) is 17.3 Å².